The number of piperidine rings is 1. The van der Waals surface area contributed by atoms with Crippen LogP contribution in [0.15, 0.2) is 0 Å². The van der Waals surface area contributed by atoms with E-state index in [1.807, 2.05) is 11.9 Å². The van der Waals surface area contributed by atoms with Crippen LogP contribution in [0.5, 0.6) is 0 Å². The zero-order chi connectivity index (χ0) is 12.1. The van der Waals surface area contributed by atoms with Crippen LogP contribution in [0.4, 0.5) is 0 Å². The van der Waals surface area contributed by atoms with E-state index in [0.29, 0.717) is 17.9 Å². The maximum Gasteiger partial charge on any atom is 0.222 e. The summed E-state index contributed by atoms with van der Waals surface area (Å²) in [4.78, 5) is 14.2. The maximum absolute atomic E-state index is 12.2. The fourth-order valence-electron chi connectivity index (χ4n) is 3.15. The van der Waals surface area contributed by atoms with Crippen LogP contribution in [0.25, 0.3) is 0 Å². The molecule has 18 heavy (non-hydrogen) atoms. The zero-order valence-electron chi connectivity index (χ0n) is 11.5. The molecule has 4 heteroatoms. The quantitative estimate of drug-likeness (QED) is 0.858. The normalized spacial score (nSPS) is 25.3. The van der Waals surface area contributed by atoms with Crippen LogP contribution in [0, 0.1) is 5.92 Å². The molecule has 1 aliphatic carbocycles. The predicted octanol–water partition coefficient (Wildman–Crippen LogP) is 2.59. The third-order valence-electron chi connectivity index (χ3n) is 4.40. The Morgan fingerprint density at radius 1 is 1.17 bits per heavy atom. The molecule has 0 bridgehead atoms. The Labute approximate surface area is 117 Å². The number of carbonyl (C=O) groups is 1. The summed E-state index contributed by atoms with van der Waals surface area (Å²) in [6, 6.07) is 0.430. The number of nitrogens with zero attached hydrogens (tertiary/aromatic N) is 1. The number of likely N-dealkylation sites (N-methyl/N-ethyl adjacent to an activating group) is 1. The number of rotatable bonds is 3. The van der Waals surface area contributed by atoms with E-state index in [1.165, 1.54) is 44.9 Å². The molecule has 0 spiro atoms. The van der Waals surface area contributed by atoms with E-state index in [2.05, 4.69) is 5.32 Å². The Hall–Kier alpha value is -0.280. The second kappa shape index (κ2) is 8.00. The number of hydrogen-bond acceptors (Lipinski definition) is 2. The Morgan fingerprint density at radius 3 is 2.50 bits per heavy atom. The van der Waals surface area contributed by atoms with Gasteiger partial charge in [0, 0.05) is 26.1 Å². The van der Waals surface area contributed by atoms with Gasteiger partial charge in [0.25, 0.3) is 0 Å². The topological polar surface area (TPSA) is 32.3 Å². The summed E-state index contributed by atoms with van der Waals surface area (Å²) in [5, 5.41) is 3.38. The van der Waals surface area contributed by atoms with Gasteiger partial charge in [0.15, 0.2) is 0 Å². The number of nitrogens with one attached hydrogen (secondary N) is 1. The Balaban J connectivity index is 0.00000162. The monoisotopic (exact) mass is 274 g/mol. The zero-order valence-corrected chi connectivity index (χ0v) is 12.3. The van der Waals surface area contributed by atoms with E-state index in [-0.39, 0.29) is 12.4 Å². The third-order valence-corrected chi connectivity index (χ3v) is 4.40. The van der Waals surface area contributed by atoms with Crippen molar-refractivity contribution in [2.24, 2.45) is 5.92 Å². The molecule has 0 aromatic rings. The second-order valence-electron chi connectivity index (χ2n) is 5.71. The Bertz CT molecular complexity index is 248. The van der Waals surface area contributed by atoms with Gasteiger partial charge in [-0.2, -0.15) is 0 Å². The lowest BCUT2D eigenvalue weighted by molar-refractivity contribution is -0.133. The Kier molecular flexibility index (Phi) is 7.02. The van der Waals surface area contributed by atoms with Crippen molar-refractivity contribution in [2.45, 2.75) is 57.4 Å². The highest BCUT2D eigenvalue weighted by Gasteiger charge is 2.24. The highest BCUT2D eigenvalue weighted by molar-refractivity contribution is 5.85. The molecule has 1 saturated heterocycles. The molecule has 1 heterocycles. The fraction of sp³-hybridized carbons (Fsp3) is 0.929. The maximum atomic E-state index is 12.2. The summed E-state index contributed by atoms with van der Waals surface area (Å²) in [6.45, 7) is 2.09. The lowest BCUT2D eigenvalue weighted by Crippen LogP contribution is -2.47. The third kappa shape index (κ3) is 4.43. The van der Waals surface area contributed by atoms with Crippen LogP contribution in [0.1, 0.15) is 51.4 Å². The van der Waals surface area contributed by atoms with Crippen molar-refractivity contribution >= 4 is 18.3 Å². The standard InChI is InChI=1S/C14H26N2O.ClH/c1-16(13-8-5-9-15-11-13)14(17)10-12-6-3-2-4-7-12;/h12-13,15H,2-11H2,1H3;1H/t13-;/m1./s1. The van der Waals surface area contributed by atoms with E-state index in [1.54, 1.807) is 0 Å². The van der Waals surface area contributed by atoms with E-state index in [9.17, 15) is 4.79 Å². The van der Waals surface area contributed by atoms with Gasteiger partial charge in [-0.1, -0.05) is 19.3 Å². The molecule has 2 rings (SSSR count). The average Bonchev–Trinajstić information content (AvgIpc) is 2.40. The van der Waals surface area contributed by atoms with Crippen molar-refractivity contribution in [3.05, 3.63) is 0 Å². The molecule has 106 valence electrons. The van der Waals surface area contributed by atoms with Crippen LogP contribution >= 0.6 is 12.4 Å². The van der Waals surface area contributed by atoms with Crippen molar-refractivity contribution < 1.29 is 4.79 Å². The van der Waals surface area contributed by atoms with Gasteiger partial charge in [-0.3, -0.25) is 4.79 Å². The average molecular weight is 275 g/mol. The first kappa shape index (κ1) is 15.8. The van der Waals surface area contributed by atoms with Gasteiger partial charge in [-0.25, -0.2) is 0 Å². The molecular formula is C14H27ClN2O. The summed E-state index contributed by atoms with van der Waals surface area (Å²) in [7, 11) is 1.99. The molecule has 1 saturated carbocycles. The van der Waals surface area contributed by atoms with Crippen molar-refractivity contribution in [1.82, 2.24) is 10.2 Å². The molecule has 0 unspecified atom stereocenters. The first-order valence-corrected chi connectivity index (χ1v) is 7.24. The summed E-state index contributed by atoms with van der Waals surface area (Å²) < 4.78 is 0. The minimum Gasteiger partial charge on any atom is -0.341 e. The molecule has 1 atom stereocenters. The fourth-order valence-corrected chi connectivity index (χ4v) is 3.15. The van der Waals surface area contributed by atoms with E-state index in [4.69, 9.17) is 0 Å². The molecule has 0 aromatic carbocycles. The minimum absolute atomic E-state index is 0. The van der Waals surface area contributed by atoms with Crippen LogP contribution in [-0.2, 0) is 4.79 Å². The van der Waals surface area contributed by atoms with Crippen molar-refractivity contribution in [1.29, 1.82) is 0 Å². The molecule has 2 aliphatic rings. The predicted molar refractivity (Wildman–Crippen MR) is 77.1 cm³/mol. The molecule has 0 aromatic heterocycles. The lowest BCUT2D eigenvalue weighted by atomic mass is 9.86. The largest absolute Gasteiger partial charge is 0.341 e. The van der Waals surface area contributed by atoms with Crippen molar-refractivity contribution in [3.63, 3.8) is 0 Å². The van der Waals surface area contributed by atoms with E-state index >= 15 is 0 Å². The first-order chi connectivity index (χ1) is 8.27. The number of halogens is 1. The van der Waals surface area contributed by atoms with E-state index in [0.717, 1.165) is 19.5 Å². The smallest absolute Gasteiger partial charge is 0.222 e. The van der Waals surface area contributed by atoms with E-state index < -0.39 is 0 Å². The van der Waals surface area contributed by atoms with Gasteiger partial charge in [-0.05, 0) is 38.1 Å². The van der Waals surface area contributed by atoms with Gasteiger partial charge in [0.2, 0.25) is 5.91 Å². The minimum atomic E-state index is 0. The highest BCUT2D eigenvalue weighted by atomic mass is 35.5. The van der Waals surface area contributed by atoms with Crippen LogP contribution < -0.4 is 5.32 Å². The molecule has 3 nitrogen and oxygen atoms in total. The van der Waals surface area contributed by atoms with Crippen molar-refractivity contribution in [3.8, 4) is 0 Å². The van der Waals surface area contributed by atoms with Gasteiger partial charge >= 0.3 is 0 Å². The number of hydrogen-bond donors (Lipinski definition) is 1. The molecule has 1 N–H and O–H groups in total. The number of carbonyl (C=O) groups excluding carboxylic acids is 1. The highest BCUT2D eigenvalue weighted by Crippen LogP contribution is 2.27. The molecule has 2 fully saturated rings. The molecule has 1 amide bonds. The molecule has 0 radical (unpaired) electrons. The van der Waals surface area contributed by atoms with Crippen molar-refractivity contribution in [2.75, 3.05) is 20.1 Å². The summed E-state index contributed by atoms with van der Waals surface area (Å²) in [5.74, 6) is 1.03. The van der Waals surface area contributed by atoms with Gasteiger partial charge in [0.1, 0.15) is 0 Å². The molecular weight excluding hydrogens is 248 g/mol. The van der Waals surface area contributed by atoms with Gasteiger partial charge in [-0.15, -0.1) is 12.4 Å². The van der Waals surface area contributed by atoms with Gasteiger partial charge in [0.05, 0.1) is 0 Å². The van der Waals surface area contributed by atoms with Gasteiger partial charge < -0.3 is 10.2 Å². The summed E-state index contributed by atoms with van der Waals surface area (Å²) in [5.41, 5.74) is 0. The SMILES string of the molecule is CN(C(=O)CC1CCCCC1)[C@@H]1CCCNC1.Cl. The number of amides is 1. The second-order valence-corrected chi connectivity index (χ2v) is 5.71. The van der Waals surface area contributed by atoms with Crippen LogP contribution in [0.3, 0.4) is 0 Å². The summed E-state index contributed by atoms with van der Waals surface area (Å²) >= 11 is 0. The summed E-state index contributed by atoms with van der Waals surface area (Å²) in [6.07, 6.45) is 9.70. The Morgan fingerprint density at radius 2 is 1.89 bits per heavy atom. The van der Waals surface area contributed by atoms with Crippen LogP contribution in [-0.4, -0.2) is 37.0 Å². The molecule has 1 aliphatic heterocycles. The first-order valence-electron chi connectivity index (χ1n) is 7.24. The van der Waals surface area contributed by atoms with Crippen LogP contribution in [0.2, 0.25) is 0 Å². The lowest BCUT2D eigenvalue weighted by Gasteiger charge is -2.33.